The van der Waals surface area contributed by atoms with Crippen LogP contribution < -0.4 is 10.2 Å². The van der Waals surface area contributed by atoms with Crippen molar-refractivity contribution in [1.29, 1.82) is 0 Å². The van der Waals surface area contributed by atoms with Crippen molar-refractivity contribution < 1.29 is 14.4 Å². The van der Waals surface area contributed by atoms with E-state index in [2.05, 4.69) is 5.32 Å². The van der Waals surface area contributed by atoms with Crippen molar-refractivity contribution in [3.05, 3.63) is 29.3 Å². The molecule has 2 aliphatic rings. The van der Waals surface area contributed by atoms with E-state index in [4.69, 9.17) is 0 Å². The van der Waals surface area contributed by atoms with Crippen LogP contribution in [0.2, 0.25) is 0 Å². The Labute approximate surface area is 122 Å². The molecule has 110 valence electrons. The smallest absolute Gasteiger partial charge is 0.254 e. The van der Waals surface area contributed by atoms with E-state index in [1.165, 1.54) is 0 Å². The molecule has 3 rings (SSSR count). The third-order valence-corrected chi connectivity index (χ3v) is 3.93. The number of hydrogen-bond acceptors (Lipinski definition) is 3. The first-order valence-corrected chi connectivity index (χ1v) is 7.03. The molecule has 1 fully saturated rings. The van der Waals surface area contributed by atoms with E-state index in [0.29, 0.717) is 25.2 Å². The van der Waals surface area contributed by atoms with E-state index in [9.17, 15) is 14.4 Å². The molecule has 0 atom stereocenters. The van der Waals surface area contributed by atoms with Crippen molar-refractivity contribution in [2.24, 2.45) is 0 Å². The molecule has 1 aromatic rings. The molecular weight excluding hydrogens is 270 g/mol. The fraction of sp³-hybridized carbons (Fsp3) is 0.400. The number of nitrogens with one attached hydrogen (secondary N) is 1. The van der Waals surface area contributed by atoms with E-state index in [1.54, 1.807) is 22.8 Å². The van der Waals surface area contributed by atoms with Crippen molar-refractivity contribution in [3.8, 4) is 0 Å². The number of amides is 3. The lowest BCUT2D eigenvalue weighted by Gasteiger charge is -2.26. The summed E-state index contributed by atoms with van der Waals surface area (Å²) in [6.45, 7) is 3.33. The van der Waals surface area contributed by atoms with Crippen molar-refractivity contribution in [2.45, 2.75) is 13.3 Å². The predicted octanol–water partition coefficient (Wildman–Crippen LogP) is 0.168. The van der Waals surface area contributed by atoms with Crippen LogP contribution in [-0.2, 0) is 16.0 Å². The van der Waals surface area contributed by atoms with Gasteiger partial charge in [0.2, 0.25) is 11.8 Å². The second-order valence-corrected chi connectivity index (χ2v) is 5.34. The first-order valence-electron chi connectivity index (χ1n) is 7.03. The highest BCUT2D eigenvalue weighted by Crippen LogP contribution is 2.29. The third-order valence-electron chi connectivity index (χ3n) is 3.93. The van der Waals surface area contributed by atoms with E-state index < -0.39 is 0 Å². The maximum atomic E-state index is 12.4. The Morgan fingerprint density at radius 1 is 1.24 bits per heavy atom. The first kappa shape index (κ1) is 13.6. The fourth-order valence-electron chi connectivity index (χ4n) is 2.86. The van der Waals surface area contributed by atoms with Gasteiger partial charge in [0.1, 0.15) is 0 Å². The van der Waals surface area contributed by atoms with Gasteiger partial charge in [0, 0.05) is 37.8 Å². The number of rotatable bonds is 1. The van der Waals surface area contributed by atoms with Crippen molar-refractivity contribution in [1.82, 2.24) is 10.2 Å². The molecule has 2 aliphatic heterocycles. The molecule has 6 nitrogen and oxygen atoms in total. The number of carbonyl (C=O) groups excluding carboxylic acids is 3. The summed E-state index contributed by atoms with van der Waals surface area (Å²) >= 11 is 0. The Morgan fingerprint density at radius 3 is 2.76 bits per heavy atom. The second-order valence-electron chi connectivity index (χ2n) is 5.34. The highest BCUT2D eigenvalue weighted by atomic mass is 16.2. The lowest BCUT2D eigenvalue weighted by Crippen LogP contribution is -2.49. The van der Waals surface area contributed by atoms with Crippen LogP contribution in [0.15, 0.2) is 18.2 Å². The first-order chi connectivity index (χ1) is 10.1. The summed E-state index contributed by atoms with van der Waals surface area (Å²) in [4.78, 5) is 38.6. The molecule has 1 aromatic carbocycles. The van der Waals surface area contributed by atoms with Gasteiger partial charge < -0.3 is 15.1 Å². The van der Waals surface area contributed by atoms with Crippen LogP contribution in [0.3, 0.4) is 0 Å². The Morgan fingerprint density at radius 2 is 2.05 bits per heavy atom. The van der Waals surface area contributed by atoms with Crippen LogP contribution in [0.1, 0.15) is 22.8 Å². The largest absolute Gasteiger partial charge is 0.353 e. The van der Waals surface area contributed by atoms with E-state index in [1.807, 2.05) is 12.1 Å². The SMILES string of the molecule is CC(=O)N1CCc2cc(C(=O)N3CCNC(=O)C3)ccc21. The maximum absolute atomic E-state index is 12.4. The average Bonchev–Trinajstić information content (AvgIpc) is 2.89. The molecule has 0 bridgehead atoms. The van der Waals surface area contributed by atoms with Gasteiger partial charge in [-0.05, 0) is 30.2 Å². The summed E-state index contributed by atoms with van der Waals surface area (Å²) in [5, 5.41) is 2.70. The lowest BCUT2D eigenvalue weighted by molar-refractivity contribution is -0.123. The number of anilines is 1. The van der Waals surface area contributed by atoms with Gasteiger partial charge in [-0.2, -0.15) is 0 Å². The van der Waals surface area contributed by atoms with Crippen molar-refractivity contribution in [2.75, 3.05) is 31.1 Å². The van der Waals surface area contributed by atoms with Crippen LogP contribution in [0.25, 0.3) is 0 Å². The highest BCUT2D eigenvalue weighted by Gasteiger charge is 2.26. The highest BCUT2D eigenvalue weighted by molar-refractivity contribution is 5.99. The number of nitrogens with zero attached hydrogens (tertiary/aromatic N) is 2. The van der Waals surface area contributed by atoms with Crippen LogP contribution >= 0.6 is 0 Å². The zero-order chi connectivity index (χ0) is 15.0. The Bertz CT molecular complexity index is 627. The molecule has 0 unspecified atom stereocenters. The summed E-state index contributed by atoms with van der Waals surface area (Å²) in [5.74, 6) is -0.243. The van der Waals surface area contributed by atoms with Gasteiger partial charge in [0.15, 0.2) is 0 Å². The molecule has 1 saturated heterocycles. The average molecular weight is 287 g/mol. The monoisotopic (exact) mass is 287 g/mol. The molecule has 0 saturated carbocycles. The number of benzene rings is 1. The summed E-state index contributed by atoms with van der Waals surface area (Å²) in [5.41, 5.74) is 2.47. The van der Waals surface area contributed by atoms with Gasteiger partial charge >= 0.3 is 0 Å². The minimum Gasteiger partial charge on any atom is -0.353 e. The normalized spacial score (nSPS) is 17.5. The quantitative estimate of drug-likeness (QED) is 0.800. The minimum absolute atomic E-state index is 0.0144. The number of carbonyl (C=O) groups is 3. The van der Waals surface area contributed by atoms with Gasteiger partial charge in [-0.25, -0.2) is 0 Å². The molecule has 0 aromatic heterocycles. The van der Waals surface area contributed by atoms with Crippen LogP contribution in [0.5, 0.6) is 0 Å². The zero-order valence-electron chi connectivity index (χ0n) is 11.9. The van der Waals surface area contributed by atoms with Crippen molar-refractivity contribution in [3.63, 3.8) is 0 Å². The van der Waals surface area contributed by atoms with Crippen LogP contribution in [0, 0.1) is 0 Å². The molecular formula is C15H17N3O3. The van der Waals surface area contributed by atoms with Gasteiger partial charge in [-0.1, -0.05) is 0 Å². The molecule has 2 heterocycles. The minimum atomic E-state index is -0.131. The topological polar surface area (TPSA) is 69.7 Å². The standard InChI is InChI=1S/C15H17N3O3/c1-10(19)18-6-4-11-8-12(2-3-13(11)18)15(21)17-7-5-16-14(20)9-17/h2-3,8H,4-7,9H2,1H3,(H,16,20). The van der Waals surface area contributed by atoms with Gasteiger partial charge in [-0.15, -0.1) is 0 Å². The fourth-order valence-corrected chi connectivity index (χ4v) is 2.86. The summed E-state index contributed by atoms with van der Waals surface area (Å²) in [7, 11) is 0. The van der Waals surface area contributed by atoms with E-state index in [0.717, 1.165) is 17.7 Å². The van der Waals surface area contributed by atoms with Crippen LogP contribution in [0.4, 0.5) is 5.69 Å². The Kier molecular flexibility index (Phi) is 3.37. The van der Waals surface area contributed by atoms with Crippen molar-refractivity contribution >= 4 is 23.4 Å². The summed E-state index contributed by atoms with van der Waals surface area (Å²) in [6.07, 6.45) is 0.760. The molecule has 0 radical (unpaired) electrons. The number of hydrogen-bond donors (Lipinski definition) is 1. The summed E-state index contributed by atoms with van der Waals surface area (Å²) in [6, 6.07) is 5.39. The molecule has 1 N–H and O–H groups in total. The van der Waals surface area contributed by atoms with E-state index in [-0.39, 0.29) is 24.3 Å². The number of piperazine rings is 1. The number of fused-ring (bicyclic) bond motifs is 1. The van der Waals surface area contributed by atoms with Gasteiger partial charge in [-0.3, -0.25) is 14.4 Å². The Balaban J connectivity index is 1.83. The lowest BCUT2D eigenvalue weighted by atomic mass is 10.1. The molecule has 0 spiro atoms. The van der Waals surface area contributed by atoms with Gasteiger partial charge in [0.25, 0.3) is 5.91 Å². The maximum Gasteiger partial charge on any atom is 0.254 e. The third kappa shape index (κ3) is 2.49. The molecule has 0 aliphatic carbocycles. The van der Waals surface area contributed by atoms with E-state index >= 15 is 0 Å². The molecule has 3 amide bonds. The zero-order valence-corrected chi connectivity index (χ0v) is 11.9. The summed E-state index contributed by atoms with van der Waals surface area (Å²) < 4.78 is 0. The predicted molar refractivity (Wildman–Crippen MR) is 77.1 cm³/mol. The Hall–Kier alpha value is -2.37. The van der Waals surface area contributed by atoms with Gasteiger partial charge in [0.05, 0.1) is 6.54 Å². The van der Waals surface area contributed by atoms with Crippen LogP contribution in [-0.4, -0.2) is 48.8 Å². The molecule has 6 heteroatoms. The molecule has 21 heavy (non-hydrogen) atoms. The second kappa shape index (κ2) is 5.20.